The van der Waals surface area contributed by atoms with Crippen molar-refractivity contribution in [1.29, 1.82) is 0 Å². The lowest BCUT2D eigenvalue weighted by Crippen LogP contribution is -2.39. The number of nitrogens with one attached hydrogen (secondary N) is 3. The summed E-state index contributed by atoms with van der Waals surface area (Å²) in [5.41, 5.74) is 0.172. The zero-order chi connectivity index (χ0) is 22.1. The highest BCUT2D eigenvalue weighted by Gasteiger charge is 2.24. The lowest BCUT2D eigenvalue weighted by molar-refractivity contribution is -0.123. The number of rotatable bonds is 11. The van der Waals surface area contributed by atoms with Crippen LogP contribution in [-0.2, 0) is 16.8 Å². The van der Waals surface area contributed by atoms with Gasteiger partial charge in [0.05, 0.1) is 6.54 Å². The SMILES string of the molecule is CCNC(=NCC(C)(O)c1cccs1)NCCc1ccc(OCC(=O)NC2CC2)cc1.I. The summed E-state index contributed by atoms with van der Waals surface area (Å²) in [5.74, 6) is 1.30. The molecule has 0 radical (unpaired) electrons. The number of ether oxygens (including phenoxy) is 1. The van der Waals surface area contributed by atoms with Gasteiger partial charge >= 0.3 is 0 Å². The Morgan fingerprint density at radius 3 is 2.62 bits per heavy atom. The van der Waals surface area contributed by atoms with Crippen molar-refractivity contribution in [2.75, 3.05) is 26.2 Å². The third-order valence-electron chi connectivity index (χ3n) is 4.88. The average molecular weight is 573 g/mol. The number of aliphatic imine (C=N–C) groups is 1. The van der Waals surface area contributed by atoms with Crippen molar-refractivity contribution in [2.45, 2.75) is 44.8 Å². The van der Waals surface area contributed by atoms with Gasteiger partial charge < -0.3 is 25.8 Å². The van der Waals surface area contributed by atoms with Crippen LogP contribution in [0, 0.1) is 0 Å². The monoisotopic (exact) mass is 572 g/mol. The summed E-state index contributed by atoms with van der Waals surface area (Å²) in [6.07, 6.45) is 2.96. The summed E-state index contributed by atoms with van der Waals surface area (Å²) < 4.78 is 5.54. The minimum Gasteiger partial charge on any atom is -0.484 e. The van der Waals surface area contributed by atoms with Crippen LogP contribution >= 0.6 is 35.3 Å². The predicted octanol–water partition coefficient (Wildman–Crippen LogP) is 3.03. The molecule has 7 nitrogen and oxygen atoms in total. The van der Waals surface area contributed by atoms with Gasteiger partial charge in [0.1, 0.15) is 11.4 Å². The first kappa shape index (κ1) is 26.4. The number of hydrogen-bond donors (Lipinski definition) is 4. The van der Waals surface area contributed by atoms with Crippen molar-refractivity contribution in [1.82, 2.24) is 16.0 Å². The molecule has 0 bridgehead atoms. The molecular formula is C23H33IN4O3S. The molecule has 1 aromatic heterocycles. The van der Waals surface area contributed by atoms with Gasteiger partial charge in [-0.25, -0.2) is 4.99 Å². The van der Waals surface area contributed by atoms with Crippen LogP contribution < -0.4 is 20.7 Å². The van der Waals surface area contributed by atoms with Gasteiger partial charge in [0, 0.05) is 24.0 Å². The Bertz CT molecular complexity index is 853. The van der Waals surface area contributed by atoms with E-state index in [1.54, 1.807) is 6.92 Å². The number of thiophene rings is 1. The smallest absolute Gasteiger partial charge is 0.258 e. The van der Waals surface area contributed by atoms with Crippen LogP contribution in [0.2, 0.25) is 0 Å². The quantitative estimate of drug-likeness (QED) is 0.189. The van der Waals surface area contributed by atoms with Crippen LogP contribution in [0.3, 0.4) is 0 Å². The number of carbonyl (C=O) groups excluding carboxylic acids is 1. The van der Waals surface area contributed by atoms with E-state index in [1.165, 1.54) is 11.3 Å². The molecule has 3 rings (SSSR count). The molecule has 1 aliphatic rings. The van der Waals surface area contributed by atoms with Crippen LogP contribution in [0.5, 0.6) is 5.75 Å². The lowest BCUT2D eigenvalue weighted by Gasteiger charge is -2.20. The Hall–Kier alpha value is -1.85. The summed E-state index contributed by atoms with van der Waals surface area (Å²) in [6, 6.07) is 12.0. The topological polar surface area (TPSA) is 95.0 Å². The normalized spacial score (nSPS) is 15.3. The fourth-order valence-electron chi connectivity index (χ4n) is 2.96. The molecule has 1 amide bonds. The third kappa shape index (κ3) is 8.95. The number of nitrogens with zero attached hydrogens (tertiary/aromatic N) is 1. The summed E-state index contributed by atoms with van der Waals surface area (Å²) in [7, 11) is 0. The maximum Gasteiger partial charge on any atom is 0.258 e. The molecule has 176 valence electrons. The van der Waals surface area contributed by atoms with E-state index >= 15 is 0 Å². The van der Waals surface area contributed by atoms with E-state index in [0.29, 0.717) is 24.3 Å². The summed E-state index contributed by atoms with van der Waals surface area (Å²) in [4.78, 5) is 17.1. The molecule has 1 aliphatic carbocycles. The first-order chi connectivity index (χ1) is 15.0. The minimum absolute atomic E-state index is 0. The first-order valence-corrected chi connectivity index (χ1v) is 11.6. The number of guanidine groups is 1. The molecule has 4 N–H and O–H groups in total. The van der Waals surface area contributed by atoms with E-state index in [0.717, 1.165) is 36.2 Å². The molecule has 1 aromatic carbocycles. The van der Waals surface area contributed by atoms with E-state index in [-0.39, 0.29) is 43.0 Å². The van der Waals surface area contributed by atoms with Crippen LogP contribution in [-0.4, -0.2) is 49.3 Å². The molecule has 0 spiro atoms. The number of hydrogen-bond acceptors (Lipinski definition) is 5. The molecule has 1 unspecified atom stereocenters. The van der Waals surface area contributed by atoms with Crippen LogP contribution in [0.25, 0.3) is 0 Å². The van der Waals surface area contributed by atoms with Crippen molar-refractivity contribution in [3.8, 4) is 5.75 Å². The highest BCUT2D eigenvalue weighted by atomic mass is 127. The van der Waals surface area contributed by atoms with Gasteiger partial charge in [0.2, 0.25) is 0 Å². The lowest BCUT2D eigenvalue weighted by atomic mass is 10.1. The molecule has 32 heavy (non-hydrogen) atoms. The third-order valence-corrected chi connectivity index (χ3v) is 6.01. The second-order valence-electron chi connectivity index (χ2n) is 7.90. The zero-order valence-electron chi connectivity index (χ0n) is 18.6. The number of benzene rings is 1. The van der Waals surface area contributed by atoms with Gasteiger partial charge in [0.15, 0.2) is 12.6 Å². The van der Waals surface area contributed by atoms with E-state index in [2.05, 4.69) is 20.9 Å². The molecule has 0 saturated heterocycles. The molecule has 1 atom stereocenters. The largest absolute Gasteiger partial charge is 0.484 e. The number of carbonyl (C=O) groups is 1. The van der Waals surface area contributed by atoms with Crippen molar-refractivity contribution >= 4 is 47.2 Å². The first-order valence-electron chi connectivity index (χ1n) is 10.8. The average Bonchev–Trinajstić information content (AvgIpc) is 3.38. The van der Waals surface area contributed by atoms with Gasteiger partial charge in [-0.15, -0.1) is 35.3 Å². The molecule has 9 heteroatoms. The molecular weight excluding hydrogens is 539 g/mol. The van der Waals surface area contributed by atoms with Crippen molar-refractivity contribution < 1.29 is 14.6 Å². The van der Waals surface area contributed by atoms with Gasteiger partial charge in [-0.05, 0) is 62.3 Å². The Morgan fingerprint density at radius 2 is 2.00 bits per heavy atom. The Labute approximate surface area is 211 Å². The van der Waals surface area contributed by atoms with Crippen molar-refractivity contribution in [2.24, 2.45) is 4.99 Å². The molecule has 0 aliphatic heterocycles. The summed E-state index contributed by atoms with van der Waals surface area (Å²) >= 11 is 1.53. The van der Waals surface area contributed by atoms with Gasteiger partial charge in [0.25, 0.3) is 5.91 Å². The zero-order valence-corrected chi connectivity index (χ0v) is 21.7. The predicted molar refractivity (Wildman–Crippen MR) is 140 cm³/mol. The molecule has 1 heterocycles. The Kier molecular flexibility index (Phi) is 10.7. The molecule has 1 fully saturated rings. The van der Waals surface area contributed by atoms with Crippen LogP contribution in [0.4, 0.5) is 0 Å². The van der Waals surface area contributed by atoms with Gasteiger partial charge in [-0.2, -0.15) is 0 Å². The summed E-state index contributed by atoms with van der Waals surface area (Å²) in [6.45, 7) is 5.58. The highest BCUT2D eigenvalue weighted by Crippen LogP contribution is 2.25. The Morgan fingerprint density at radius 1 is 1.25 bits per heavy atom. The van der Waals surface area contributed by atoms with E-state index < -0.39 is 5.60 Å². The molecule has 1 saturated carbocycles. The van der Waals surface area contributed by atoms with Crippen LogP contribution in [0.1, 0.15) is 37.1 Å². The maximum atomic E-state index is 11.7. The fraction of sp³-hybridized carbons (Fsp3) is 0.478. The molecule has 2 aromatic rings. The second kappa shape index (κ2) is 13.0. The van der Waals surface area contributed by atoms with Gasteiger partial charge in [-0.3, -0.25) is 4.79 Å². The Balaban J connectivity index is 0.00000363. The second-order valence-corrected chi connectivity index (χ2v) is 8.85. The van der Waals surface area contributed by atoms with E-state index in [1.807, 2.05) is 48.7 Å². The van der Waals surface area contributed by atoms with Gasteiger partial charge in [-0.1, -0.05) is 18.2 Å². The van der Waals surface area contributed by atoms with Crippen molar-refractivity contribution in [3.05, 3.63) is 52.2 Å². The number of aliphatic hydroxyl groups is 1. The fourth-order valence-corrected chi connectivity index (χ4v) is 3.74. The van der Waals surface area contributed by atoms with Crippen molar-refractivity contribution in [3.63, 3.8) is 0 Å². The highest BCUT2D eigenvalue weighted by molar-refractivity contribution is 14.0. The van der Waals surface area contributed by atoms with E-state index in [4.69, 9.17) is 4.74 Å². The maximum absolute atomic E-state index is 11.7. The standard InChI is InChI=1S/C23H32N4O3S.HI/c1-3-24-22(26-16-23(2,29)20-5-4-14-31-20)25-13-12-17-6-10-19(11-7-17)30-15-21(28)27-18-8-9-18;/h4-7,10-11,14,18,29H,3,8-9,12-13,15-16H2,1-2H3,(H,27,28)(H2,24,25,26);1H. The number of amides is 1. The van der Waals surface area contributed by atoms with Crippen LogP contribution in [0.15, 0.2) is 46.8 Å². The van der Waals surface area contributed by atoms with E-state index in [9.17, 15) is 9.90 Å². The minimum atomic E-state index is -0.984. The summed E-state index contributed by atoms with van der Waals surface area (Å²) in [5, 5.41) is 22.0. The number of halogens is 1.